The Kier molecular flexibility index (Phi) is 5.45. The number of ether oxygens (including phenoxy) is 2. The summed E-state index contributed by atoms with van der Waals surface area (Å²) in [7, 11) is 1.42. The average Bonchev–Trinajstić information content (AvgIpc) is 2.49. The summed E-state index contributed by atoms with van der Waals surface area (Å²) < 4.78 is 33.9. The fourth-order valence-corrected chi connectivity index (χ4v) is 1.87. The molecule has 1 aromatic heterocycles. The van der Waals surface area contributed by atoms with E-state index in [2.05, 4.69) is 15.0 Å². The van der Waals surface area contributed by atoms with Crippen molar-refractivity contribution in [3.8, 4) is 11.5 Å². The van der Waals surface area contributed by atoms with Gasteiger partial charge < -0.3 is 14.8 Å². The fourth-order valence-electron chi connectivity index (χ4n) is 1.87. The van der Waals surface area contributed by atoms with Crippen molar-refractivity contribution in [2.75, 3.05) is 7.11 Å². The Hall–Kier alpha value is -2.21. The van der Waals surface area contributed by atoms with Gasteiger partial charge in [0.05, 0.1) is 7.11 Å². The van der Waals surface area contributed by atoms with E-state index >= 15 is 0 Å². The van der Waals surface area contributed by atoms with E-state index in [4.69, 9.17) is 4.74 Å². The number of rotatable bonds is 7. The highest BCUT2D eigenvalue weighted by Gasteiger charge is 2.10. The van der Waals surface area contributed by atoms with Crippen molar-refractivity contribution in [2.24, 2.45) is 0 Å². The lowest BCUT2D eigenvalue weighted by Crippen LogP contribution is -2.13. The minimum Gasteiger partial charge on any atom is -0.493 e. The number of hydrogen-bond donors (Lipinski definition) is 1. The Bertz CT molecular complexity index is 565. The van der Waals surface area contributed by atoms with Gasteiger partial charge in [0.2, 0.25) is 0 Å². The number of aromatic nitrogens is 1. The summed E-state index contributed by atoms with van der Waals surface area (Å²) in [6.45, 7) is -1.61. The molecule has 0 saturated heterocycles. The molecule has 1 heterocycles. The number of alkyl halides is 2. The van der Waals surface area contributed by atoms with Gasteiger partial charge in [0.1, 0.15) is 0 Å². The molecule has 0 radical (unpaired) electrons. The van der Waals surface area contributed by atoms with Gasteiger partial charge in [-0.1, -0.05) is 12.1 Å². The Morgan fingerprint density at radius 2 is 1.95 bits per heavy atom. The van der Waals surface area contributed by atoms with E-state index in [0.717, 1.165) is 11.1 Å². The molecular formula is C15H16F2N2O2. The minimum atomic E-state index is -2.87. The van der Waals surface area contributed by atoms with Crippen LogP contribution in [0.1, 0.15) is 11.1 Å². The van der Waals surface area contributed by atoms with Crippen molar-refractivity contribution in [3.05, 3.63) is 53.9 Å². The van der Waals surface area contributed by atoms with Crippen molar-refractivity contribution in [3.63, 3.8) is 0 Å². The predicted molar refractivity (Wildman–Crippen MR) is 74.4 cm³/mol. The van der Waals surface area contributed by atoms with Crippen molar-refractivity contribution < 1.29 is 18.3 Å². The summed E-state index contributed by atoms with van der Waals surface area (Å²) in [4.78, 5) is 4.03. The maximum Gasteiger partial charge on any atom is 0.387 e. The summed E-state index contributed by atoms with van der Waals surface area (Å²) >= 11 is 0. The zero-order chi connectivity index (χ0) is 15.1. The highest BCUT2D eigenvalue weighted by Crippen LogP contribution is 2.29. The van der Waals surface area contributed by atoms with E-state index in [0.29, 0.717) is 13.1 Å². The molecule has 0 aliphatic heterocycles. The summed E-state index contributed by atoms with van der Waals surface area (Å²) in [5.41, 5.74) is 1.99. The molecule has 0 aliphatic carbocycles. The highest BCUT2D eigenvalue weighted by atomic mass is 19.3. The lowest BCUT2D eigenvalue weighted by molar-refractivity contribution is -0.0512. The quantitative estimate of drug-likeness (QED) is 0.852. The van der Waals surface area contributed by atoms with E-state index in [9.17, 15) is 8.78 Å². The zero-order valence-corrected chi connectivity index (χ0v) is 11.6. The van der Waals surface area contributed by atoms with Crippen molar-refractivity contribution in [1.82, 2.24) is 10.3 Å². The van der Waals surface area contributed by atoms with Gasteiger partial charge in [0.15, 0.2) is 11.5 Å². The molecule has 0 fully saturated rings. The molecule has 0 amide bonds. The number of nitrogens with one attached hydrogen (secondary N) is 1. The van der Waals surface area contributed by atoms with Crippen LogP contribution < -0.4 is 14.8 Å². The molecule has 4 nitrogen and oxygen atoms in total. The summed E-state index contributed by atoms with van der Waals surface area (Å²) in [5, 5.41) is 3.25. The van der Waals surface area contributed by atoms with E-state index < -0.39 is 6.61 Å². The summed E-state index contributed by atoms with van der Waals surface area (Å²) in [6, 6.07) is 8.72. The van der Waals surface area contributed by atoms with Gasteiger partial charge in [0.25, 0.3) is 0 Å². The van der Waals surface area contributed by atoms with Crippen LogP contribution in [0.15, 0.2) is 42.7 Å². The van der Waals surface area contributed by atoms with E-state index in [1.807, 2.05) is 12.1 Å². The monoisotopic (exact) mass is 294 g/mol. The van der Waals surface area contributed by atoms with E-state index in [1.165, 1.54) is 13.2 Å². The first-order valence-corrected chi connectivity index (χ1v) is 6.40. The van der Waals surface area contributed by atoms with Crippen LogP contribution in [0.5, 0.6) is 11.5 Å². The van der Waals surface area contributed by atoms with Crippen LogP contribution >= 0.6 is 0 Å². The van der Waals surface area contributed by atoms with Gasteiger partial charge in [-0.25, -0.2) is 0 Å². The number of nitrogens with zero attached hydrogens (tertiary/aromatic N) is 1. The predicted octanol–water partition coefficient (Wildman–Crippen LogP) is 2.98. The van der Waals surface area contributed by atoms with Crippen LogP contribution in [0.25, 0.3) is 0 Å². The summed E-state index contributed by atoms with van der Waals surface area (Å²) in [6.07, 6.45) is 3.50. The minimum absolute atomic E-state index is 0.0310. The maximum atomic E-state index is 12.2. The Morgan fingerprint density at radius 3 is 2.62 bits per heavy atom. The second-order valence-corrected chi connectivity index (χ2v) is 4.33. The molecule has 0 saturated carbocycles. The first kappa shape index (κ1) is 15.2. The molecule has 1 N–H and O–H groups in total. The van der Waals surface area contributed by atoms with Crippen LogP contribution in [0, 0.1) is 0 Å². The van der Waals surface area contributed by atoms with Crippen LogP contribution in [-0.2, 0) is 13.1 Å². The number of hydrogen-bond acceptors (Lipinski definition) is 4. The topological polar surface area (TPSA) is 43.4 Å². The third-order valence-corrected chi connectivity index (χ3v) is 2.83. The zero-order valence-electron chi connectivity index (χ0n) is 11.6. The van der Waals surface area contributed by atoms with Gasteiger partial charge in [-0.05, 0) is 29.3 Å². The van der Waals surface area contributed by atoms with Gasteiger partial charge in [-0.2, -0.15) is 8.78 Å². The third-order valence-electron chi connectivity index (χ3n) is 2.83. The Morgan fingerprint density at radius 1 is 1.14 bits per heavy atom. The molecule has 21 heavy (non-hydrogen) atoms. The third kappa shape index (κ3) is 4.68. The molecule has 112 valence electrons. The first-order chi connectivity index (χ1) is 10.2. The molecule has 2 aromatic rings. The summed E-state index contributed by atoms with van der Waals surface area (Å²) in [5.74, 6) is 0.319. The largest absolute Gasteiger partial charge is 0.493 e. The van der Waals surface area contributed by atoms with Crippen LogP contribution in [0.3, 0.4) is 0 Å². The lowest BCUT2D eigenvalue weighted by Gasteiger charge is -2.12. The lowest BCUT2D eigenvalue weighted by atomic mass is 10.2. The van der Waals surface area contributed by atoms with Crippen LogP contribution in [0.4, 0.5) is 8.78 Å². The van der Waals surface area contributed by atoms with E-state index in [-0.39, 0.29) is 11.5 Å². The Labute approximate surface area is 121 Å². The number of benzene rings is 1. The van der Waals surface area contributed by atoms with Gasteiger partial charge in [-0.15, -0.1) is 0 Å². The van der Waals surface area contributed by atoms with Gasteiger partial charge >= 0.3 is 6.61 Å². The first-order valence-electron chi connectivity index (χ1n) is 6.40. The SMILES string of the molecule is COc1cc(CNCc2cccnc2)ccc1OC(F)F. The van der Waals surface area contributed by atoms with Crippen molar-refractivity contribution in [1.29, 1.82) is 0 Å². The van der Waals surface area contributed by atoms with Crippen LogP contribution in [-0.4, -0.2) is 18.7 Å². The standard InChI is InChI=1S/C15H16F2N2O2/c1-20-14-7-11(4-5-13(14)21-15(16)17)8-19-10-12-3-2-6-18-9-12/h2-7,9,15,19H,8,10H2,1H3. The molecule has 0 bridgehead atoms. The van der Waals surface area contributed by atoms with Crippen LogP contribution in [0.2, 0.25) is 0 Å². The molecule has 6 heteroatoms. The Balaban J connectivity index is 1.94. The molecule has 2 rings (SSSR count). The maximum absolute atomic E-state index is 12.2. The molecule has 0 spiro atoms. The number of halogens is 2. The normalized spacial score (nSPS) is 10.7. The van der Waals surface area contributed by atoms with Gasteiger partial charge in [-0.3, -0.25) is 4.98 Å². The van der Waals surface area contributed by atoms with Crippen molar-refractivity contribution >= 4 is 0 Å². The second kappa shape index (κ2) is 7.54. The number of methoxy groups -OCH3 is 1. The molecule has 0 atom stereocenters. The molecule has 0 unspecified atom stereocenters. The fraction of sp³-hybridized carbons (Fsp3) is 0.267. The van der Waals surface area contributed by atoms with E-state index in [1.54, 1.807) is 24.5 Å². The molecule has 1 aromatic carbocycles. The average molecular weight is 294 g/mol. The second-order valence-electron chi connectivity index (χ2n) is 4.33. The smallest absolute Gasteiger partial charge is 0.387 e. The highest BCUT2D eigenvalue weighted by molar-refractivity contribution is 5.43. The van der Waals surface area contributed by atoms with Gasteiger partial charge in [0, 0.05) is 25.5 Å². The molecule has 0 aliphatic rings. The number of pyridine rings is 1. The van der Waals surface area contributed by atoms with Crippen molar-refractivity contribution in [2.45, 2.75) is 19.7 Å². The molecular weight excluding hydrogens is 278 g/mol.